The summed E-state index contributed by atoms with van der Waals surface area (Å²) in [6, 6.07) is 0. The first-order valence-corrected chi connectivity index (χ1v) is 4.52. The van der Waals surface area contributed by atoms with Crippen molar-refractivity contribution in [3.63, 3.8) is 0 Å². The Labute approximate surface area is 75.9 Å². The fraction of sp³-hybridized carbons (Fsp3) is 0.727. The number of carbonyl (C=O) groups is 1. The first-order chi connectivity index (χ1) is 5.33. The summed E-state index contributed by atoms with van der Waals surface area (Å²) in [5.74, 6) is 0.393. The lowest BCUT2D eigenvalue weighted by Gasteiger charge is -2.31. The molecule has 1 unspecified atom stereocenters. The molecular formula is C11H20O. The van der Waals surface area contributed by atoms with Crippen molar-refractivity contribution in [2.45, 2.75) is 41.0 Å². The molecule has 0 amide bonds. The molecule has 0 bridgehead atoms. The summed E-state index contributed by atoms with van der Waals surface area (Å²) in [4.78, 5) is 11.0. The van der Waals surface area contributed by atoms with Crippen LogP contribution < -0.4 is 0 Å². The lowest BCUT2D eigenvalue weighted by atomic mass is 9.73. The molecule has 0 aromatic rings. The van der Waals surface area contributed by atoms with E-state index in [0.717, 1.165) is 12.0 Å². The molecule has 0 saturated carbocycles. The van der Waals surface area contributed by atoms with Crippen molar-refractivity contribution in [3.8, 4) is 0 Å². The van der Waals surface area contributed by atoms with E-state index >= 15 is 0 Å². The summed E-state index contributed by atoms with van der Waals surface area (Å²) in [5.41, 5.74) is 0.935. The van der Waals surface area contributed by atoms with Crippen molar-refractivity contribution < 1.29 is 4.79 Å². The van der Waals surface area contributed by atoms with E-state index in [2.05, 4.69) is 34.3 Å². The molecule has 70 valence electrons. The fourth-order valence-electron chi connectivity index (χ4n) is 1.08. The van der Waals surface area contributed by atoms with Crippen molar-refractivity contribution in [1.82, 2.24) is 0 Å². The Balaban J connectivity index is 4.49. The van der Waals surface area contributed by atoms with E-state index in [4.69, 9.17) is 0 Å². The molecule has 0 N–H and O–H groups in total. The zero-order chi connectivity index (χ0) is 9.94. The van der Waals surface area contributed by atoms with Crippen molar-refractivity contribution in [2.75, 3.05) is 0 Å². The molecule has 0 aliphatic heterocycles. The Kier molecular flexibility index (Phi) is 3.69. The van der Waals surface area contributed by atoms with Gasteiger partial charge in [-0.1, -0.05) is 40.7 Å². The van der Waals surface area contributed by atoms with E-state index in [1.54, 1.807) is 6.92 Å². The zero-order valence-corrected chi connectivity index (χ0v) is 8.90. The predicted molar refractivity (Wildman–Crippen MR) is 53.1 cm³/mol. The minimum Gasteiger partial charge on any atom is -0.295 e. The molecule has 0 aliphatic carbocycles. The lowest BCUT2D eigenvalue weighted by Crippen LogP contribution is -2.24. The van der Waals surface area contributed by atoms with E-state index in [0.29, 0.717) is 0 Å². The minimum absolute atomic E-state index is 0.115. The quantitative estimate of drug-likeness (QED) is 0.589. The maximum atomic E-state index is 11.0. The number of Topliss-reactive ketones (excluding diaryl/α,β-unsaturated/α-hetero) is 1. The van der Waals surface area contributed by atoms with Gasteiger partial charge in [-0.3, -0.25) is 4.79 Å². The second-order valence-corrected chi connectivity index (χ2v) is 4.15. The highest BCUT2D eigenvalue weighted by Crippen LogP contribution is 2.34. The van der Waals surface area contributed by atoms with E-state index < -0.39 is 0 Å². The summed E-state index contributed by atoms with van der Waals surface area (Å²) >= 11 is 0. The van der Waals surface area contributed by atoms with Gasteiger partial charge in [-0.05, 0) is 23.8 Å². The van der Waals surface area contributed by atoms with E-state index in [9.17, 15) is 4.79 Å². The molecule has 0 heterocycles. The molecule has 1 atom stereocenters. The van der Waals surface area contributed by atoms with Gasteiger partial charge in [0, 0.05) is 0 Å². The maximum Gasteiger partial charge on any atom is 0.155 e. The van der Waals surface area contributed by atoms with Crippen molar-refractivity contribution in [2.24, 2.45) is 11.3 Å². The Morgan fingerprint density at radius 1 is 1.50 bits per heavy atom. The van der Waals surface area contributed by atoms with Crippen LogP contribution in [0.5, 0.6) is 0 Å². The van der Waals surface area contributed by atoms with Gasteiger partial charge in [0.1, 0.15) is 0 Å². The highest BCUT2D eigenvalue weighted by Gasteiger charge is 2.27. The predicted octanol–water partition coefficient (Wildman–Crippen LogP) is 3.20. The first-order valence-electron chi connectivity index (χ1n) is 4.52. The van der Waals surface area contributed by atoms with Crippen LogP contribution in [0.25, 0.3) is 0 Å². The summed E-state index contributed by atoms with van der Waals surface area (Å²) in [6.07, 6.45) is 1.07. The number of ketones is 1. The molecule has 0 saturated heterocycles. The van der Waals surface area contributed by atoms with E-state index in [1.165, 1.54) is 0 Å². The van der Waals surface area contributed by atoms with Crippen LogP contribution in [-0.2, 0) is 4.79 Å². The molecular weight excluding hydrogens is 148 g/mol. The van der Waals surface area contributed by atoms with E-state index in [1.807, 2.05) is 0 Å². The van der Waals surface area contributed by atoms with Gasteiger partial charge in [-0.25, -0.2) is 0 Å². The summed E-state index contributed by atoms with van der Waals surface area (Å²) < 4.78 is 0. The van der Waals surface area contributed by atoms with Gasteiger partial charge in [-0.2, -0.15) is 0 Å². The molecule has 12 heavy (non-hydrogen) atoms. The second-order valence-electron chi connectivity index (χ2n) is 4.15. The van der Waals surface area contributed by atoms with Crippen molar-refractivity contribution >= 4 is 5.78 Å². The molecule has 0 radical (unpaired) electrons. The third-order valence-electron chi connectivity index (χ3n) is 3.06. The minimum atomic E-state index is 0.115. The number of hydrogen-bond acceptors (Lipinski definition) is 1. The SMILES string of the molecule is C=C(C(C)=O)C(C)C(C)(C)CC. The Morgan fingerprint density at radius 2 is 1.92 bits per heavy atom. The molecule has 0 rings (SSSR count). The Morgan fingerprint density at radius 3 is 2.17 bits per heavy atom. The number of allylic oxidation sites excluding steroid dienone is 1. The molecule has 0 aromatic heterocycles. The van der Waals surface area contributed by atoms with Crippen LogP contribution in [0.15, 0.2) is 12.2 Å². The topological polar surface area (TPSA) is 17.1 Å². The summed E-state index contributed by atoms with van der Waals surface area (Å²) in [7, 11) is 0. The largest absolute Gasteiger partial charge is 0.295 e. The zero-order valence-electron chi connectivity index (χ0n) is 8.90. The summed E-state index contributed by atoms with van der Waals surface area (Å²) in [5, 5.41) is 0. The van der Waals surface area contributed by atoms with Gasteiger partial charge in [-0.15, -0.1) is 0 Å². The van der Waals surface area contributed by atoms with Crippen LogP contribution in [0.3, 0.4) is 0 Å². The first kappa shape index (κ1) is 11.4. The van der Waals surface area contributed by atoms with Crippen LogP contribution in [0.4, 0.5) is 0 Å². The molecule has 0 aromatic carbocycles. The standard InChI is InChI=1S/C11H20O/c1-7-11(5,6)9(3)8(2)10(4)12/h9H,2,7H2,1,3-6H3. The fourth-order valence-corrected chi connectivity index (χ4v) is 1.08. The average Bonchev–Trinajstić information content (AvgIpc) is 2.01. The van der Waals surface area contributed by atoms with Gasteiger partial charge in [0.2, 0.25) is 0 Å². The number of hydrogen-bond donors (Lipinski definition) is 0. The second kappa shape index (κ2) is 3.88. The van der Waals surface area contributed by atoms with Gasteiger partial charge >= 0.3 is 0 Å². The molecule has 1 nitrogen and oxygen atoms in total. The summed E-state index contributed by atoms with van der Waals surface area (Å²) in [6.45, 7) is 14.0. The van der Waals surface area contributed by atoms with Crippen LogP contribution in [0, 0.1) is 11.3 Å². The van der Waals surface area contributed by atoms with Crippen molar-refractivity contribution in [3.05, 3.63) is 12.2 Å². The normalized spacial score (nSPS) is 14.1. The van der Waals surface area contributed by atoms with Crippen LogP contribution in [0.2, 0.25) is 0 Å². The molecule has 0 aliphatic rings. The molecule has 1 heteroatoms. The van der Waals surface area contributed by atoms with Gasteiger partial charge in [0.05, 0.1) is 0 Å². The van der Waals surface area contributed by atoms with Gasteiger partial charge in [0.25, 0.3) is 0 Å². The van der Waals surface area contributed by atoms with Gasteiger partial charge in [0.15, 0.2) is 5.78 Å². The third kappa shape index (κ3) is 2.47. The molecule has 0 spiro atoms. The number of carbonyl (C=O) groups excluding carboxylic acids is 1. The lowest BCUT2D eigenvalue weighted by molar-refractivity contribution is -0.114. The Bertz CT molecular complexity index is 189. The monoisotopic (exact) mass is 168 g/mol. The number of rotatable bonds is 4. The third-order valence-corrected chi connectivity index (χ3v) is 3.06. The van der Waals surface area contributed by atoms with Crippen LogP contribution in [0.1, 0.15) is 41.0 Å². The Hall–Kier alpha value is -0.590. The maximum absolute atomic E-state index is 11.0. The smallest absolute Gasteiger partial charge is 0.155 e. The van der Waals surface area contributed by atoms with Crippen LogP contribution in [-0.4, -0.2) is 5.78 Å². The molecule has 0 fully saturated rings. The van der Waals surface area contributed by atoms with E-state index in [-0.39, 0.29) is 17.1 Å². The van der Waals surface area contributed by atoms with Crippen LogP contribution >= 0.6 is 0 Å². The average molecular weight is 168 g/mol. The highest BCUT2D eigenvalue weighted by atomic mass is 16.1. The van der Waals surface area contributed by atoms with Crippen molar-refractivity contribution in [1.29, 1.82) is 0 Å². The highest BCUT2D eigenvalue weighted by molar-refractivity contribution is 5.93. The van der Waals surface area contributed by atoms with Gasteiger partial charge < -0.3 is 0 Å².